The van der Waals surface area contributed by atoms with Gasteiger partial charge in [-0.15, -0.1) is 0 Å². The molecule has 1 fully saturated rings. The fourth-order valence-corrected chi connectivity index (χ4v) is 3.92. The van der Waals surface area contributed by atoms with E-state index >= 15 is 0 Å². The summed E-state index contributed by atoms with van der Waals surface area (Å²) in [5.74, 6) is 1.33. The van der Waals surface area contributed by atoms with Crippen LogP contribution in [0, 0.1) is 0 Å². The van der Waals surface area contributed by atoms with Crippen LogP contribution < -0.4 is 4.74 Å². The highest BCUT2D eigenvalue weighted by molar-refractivity contribution is 5.83. The van der Waals surface area contributed by atoms with Crippen molar-refractivity contribution < 1.29 is 4.74 Å². The number of aromatic nitrogens is 3. The first-order chi connectivity index (χ1) is 12.3. The van der Waals surface area contributed by atoms with Crippen LogP contribution in [-0.2, 0) is 6.42 Å². The van der Waals surface area contributed by atoms with Gasteiger partial charge < -0.3 is 14.6 Å². The Bertz CT molecular complexity index is 844. The number of rotatable bonds is 6. The minimum absolute atomic E-state index is 0.630. The Kier molecular flexibility index (Phi) is 4.65. The monoisotopic (exact) mass is 336 g/mol. The average molecular weight is 336 g/mol. The van der Waals surface area contributed by atoms with Gasteiger partial charge >= 0.3 is 0 Å². The van der Waals surface area contributed by atoms with Crippen LogP contribution in [-0.4, -0.2) is 46.6 Å². The van der Waals surface area contributed by atoms with E-state index in [4.69, 9.17) is 4.74 Å². The van der Waals surface area contributed by atoms with E-state index in [1.54, 1.807) is 7.11 Å². The first-order valence-corrected chi connectivity index (χ1v) is 8.96. The first-order valence-electron chi connectivity index (χ1n) is 8.96. The van der Waals surface area contributed by atoms with E-state index in [1.165, 1.54) is 35.8 Å². The maximum absolute atomic E-state index is 5.31. The molecule has 3 aromatic rings. The van der Waals surface area contributed by atoms with Crippen LogP contribution in [0.1, 0.15) is 29.9 Å². The van der Waals surface area contributed by atoms with Crippen molar-refractivity contribution in [1.82, 2.24) is 19.9 Å². The molecule has 2 aromatic heterocycles. The van der Waals surface area contributed by atoms with E-state index < -0.39 is 0 Å². The van der Waals surface area contributed by atoms with Crippen molar-refractivity contribution in [3.63, 3.8) is 0 Å². The minimum atomic E-state index is 0.630. The van der Waals surface area contributed by atoms with E-state index in [0.717, 1.165) is 31.5 Å². The lowest BCUT2D eigenvalue weighted by Crippen LogP contribution is -2.22. The molecule has 1 N–H and O–H groups in total. The molecule has 4 rings (SSSR count). The van der Waals surface area contributed by atoms with E-state index in [9.17, 15) is 0 Å². The molecule has 5 heteroatoms. The predicted molar refractivity (Wildman–Crippen MR) is 99.0 cm³/mol. The highest BCUT2D eigenvalue weighted by atomic mass is 16.5. The summed E-state index contributed by atoms with van der Waals surface area (Å²) in [4.78, 5) is 14.3. The van der Waals surface area contributed by atoms with Gasteiger partial charge in [-0.05, 0) is 49.9 Å². The molecule has 1 saturated heterocycles. The quantitative estimate of drug-likeness (QED) is 0.750. The summed E-state index contributed by atoms with van der Waals surface area (Å²) in [6, 6.07) is 8.60. The third-order valence-corrected chi connectivity index (χ3v) is 5.19. The highest BCUT2D eigenvalue weighted by Crippen LogP contribution is 2.32. The van der Waals surface area contributed by atoms with Gasteiger partial charge in [0.25, 0.3) is 0 Å². The number of ether oxygens (including phenoxy) is 1. The lowest BCUT2D eigenvalue weighted by atomic mass is 9.98. The number of likely N-dealkylation sites (tertiary alicyclic amines) is 1. The van der Waals surface area contributed by atoms with Crippen LogP contribution in [0.2, 0.25) is 0 Å². The highest BCUT2D eigenvalue weighted by Gasteiger charge is 2.25. The Balaban J connectivity index is 1.34. The topological polar surface area (TPSA) is 54.0 Å². The summed E-state index contributed by atoms with van der Waals surface area (Å²) in [5.41, 5.74) is 3.81. The normalized spacial score (nSPS) is 18.0. The summed E-state index contributed by atoms with van der Waals surface area (Å²) in [6.07, 6.45) is 8.90. The molecule has 1 atom stereocenters. The molecule has 0 amide bonds. The second kappa shape index (κ2) is 7.23. The number of benzene rings is 1. The fourth-order valence-electron chi connectivity index (χ4n) is 3.92. The molecule has 0 radical (unpaired) electrons. The summed E-state index contributed by atoms with van der Waals surface area (Å²) in [6.45, 7) is 3.42. The van der Waals surface area contributed by atoms with Crippen molar-refractivity contribution in [2.75, 3.05) is 26.7 Å². The number of fused-ring (bicyclic) bond motifs is 1. The average Bonchev–Trinajstić information content (AvgIpc) is 3.28. The van der Waals surface area contributed by atoms with Gasteiger partial charge in [0.15, 0.2) is 0 Å². The number of hydrogen-bond acceptors (Lipinski definition) is 4. The Morgan fingerprint density at radius 3 is 3.16 bits per heavy atom. The van der Waals surface area contributed by atoms with Gasteiger partial charge in [-0.25, -0.2) is 9.97 Å². The SMILES string of the molecule is COc1ncncc1CCCN1CCC(c2c[nH]c3ccccc23)C1. The van der Waals surface area contributed by atoms with Crippen molar-refractivity contribution in [3.05, 3.63) is 54.1 Å². The molecule has 3 heterocycles. The van der Waals surface area contributed by atoms with E-state index in [-0.39, 0.29) is 0 Å². The Morgan fingerprint density at radius 1 is 1.32 bits per heavy atom. The second-order valence-corrected chi connectivity index (χ2v) is 6.74. The van der Waals surface area contributed by atoms with Gasteiger partial charge in [-0.1, -0.05) is 18.2 Å². The molecule has 5 nitrogen and oxygen atoms in total. The molecule has 1 aliphatic heterocycles. The third kappa shape index (κ3) is 3.37. The molecule has 0 saturated carbocycles. The molecule has 130 valence electrons. The maximum Gasteiger partial charge on any atom is 0.219 e. The number of aromatic amines is 1. The zero-order valence-electron chi connectivity index (χ0n) is 14.6. The molecule has 1 aliphatic rings. The van der Waals surface area contributed by atoms with Crippen LogP contribution in [0.3, 0.4) is 0 Å². The number of methoxy groups -OCH3 is 1. The standard InChI is InChI=1S/C20H24N4O/c1-25-20-15(11-21-14-23-20)5-4-9-24-10-8-16(13-24)18-12-22-19-7-3-2-6-17(18)19/h2-3,6-7,11-12,14,16,22H,4-5,8-10,13H2,1H3. The van der Waals surface area contributed by atoms with Crippen molar-refractivity contribution in [1.29, 1.82) is 0 Å². The number of aryl methyl sites for hydroxylation is 1. The van der Waals surface area contributed by atoms with Gasteiger partial charge in [-0.2, -0.15) is 0 Å². The molecular formula is C20H24N4O. The second-order valence-electron chi connectivity index (χ2n) is 6.74. The molecule has 0 bridgehead atoms. The van der Waals surface area contributed by atoms with Crippen LogP contribution in [0.15, 0.2) is 43.0 Å². The van der Waals surface area contributed by atoms with Crippen LogP contribution in [0.5, 0.6) is 5.88 Å². The molecule has 1 aromatic carbocycles. The van der Waals surface area contributed by atoms with Crippen molar-refractivity contribution in [3.8, 4) is 5.88 Å². The maximum atomic E-state index is 5.31. The number of hydrogen-bond donors (Lipinski definition) is 1. The molecule has 1 unspecified atom stereocenters. The smallest absolute Gasteiger partial charge is 0.219 e. The largest absolute Gasteiger partial charge is 0.481 e. The zero-order valence-corrected chi connectivity index (χ0v) is 14.6. The third-order valence-electron chi connectivity index (χ3n) is 5.19. The summed E-state index contributed by atoms with van der Waals surface area (Å²) in [5, 5.41) is 1.38. The Hall–Kier alpha value is -2.40. The lowest BCUT2D eigenvalue weighted by Gasteiger charge is -2.16. The molecule has 0 aliphatic carbocycles. The van der Waals surface area contributed by atoms with Crippen molar-refractivity contribution in [2.45, 2.75) is 25.2 Å². The fraction of sp³-hybridized carbons (Fsp3) is 0.400. The van der Waals surface area contributed by atoms with Gasteiger partial charge in [0.1, 0.15) is 6.33 Å². The Morgan fingerprint density at radius 2 is 2.24 bits per heavy atom. The van der Waals surface area contributed by atoms with Crippen molar-refractivity contribution in [2.24, 2.45) is 0 Å². The van der Waals surface area contributed by atoms with Gasteiger partial charge in [-0.3, -0.25) is 0 Å². The first kappa shape index (κ1) is 16.1. The van der Waals surface area contributed by atoms with E-state index in [2.05, 4.69) is 50.3 Å². The summed E-state index contributed by atoms with van der Waals surface area (Å²) in [7, 11) is 1.66. The predicted octanol–water partition coefficient (Wildman–Crippen LogP) is 3.39. The zero-order chi connectivity index (χ0) is 17.1. The van der Waals surface area contributed by atoms with Gasteiger partial charge in [0.05, 0.1) is 7.11 Å². The van der Waals surface area contributed by atoms with E-state index in [1.807, 2.05) is 6.20 Å². The Labute approximate surface area is 148 Å². The van der Waals surface area contributed by atoms with Crippen LogP contribution in [0.4, 0.5) is 0 Å². The molecular weight excluding hydrogens is 312 g/mol. The number of nitrogens with one attached hydrogen (secondary N) is 1. The lowest BCUT2D eigenvalue weighted by molar-refractivity contribution is 0.328. The van der Waals surface area contributed by atoms with Gasteiger partial charge in [0.2, 0.25) is 5.88 Å². The summed E-state index contributed by atoms with van der Waals surface area (Å²) >= 11 is 0. The van der Waals surface area contributed by atoms with Crippen LogP contribution in [0.25, 0.3) is 10.9 Å². The minimum Gasteiger partial charge on any atom is -0.481 e. The summed E-state index contributed by atoms with van der Waals surface area (Å²) < 4.78 is 5.31. The van der Waals surface area contributed by atoms with Crippen LogP contribution >= 0.6 is 0 Å². The number of para-hydroxylation sites is 1. The number of nitrogens with zero attached hydrogens (tertiary/aromatic N) is 3. The van der Waals surface area contributed by atoms with E-state index in [0.29, 0.717) is 11.8 Å². The van der Waals surface area contributed by atoms with Crippen molar-refractivity contribution >= 4 is 10.9 Å². The molecule has 25 heavy (non-hydrogen) atoms. The van der Waals surface area contributed by atoms with Gasteiger partial charge in [0, 0.05) is 35.4 Å². The number of H-pyrrole nitrogens is 1. The molecule has 0 spiro atoms.